The van der Waals surface area contributed by atoms with Crippen LogP contribution >= 0.6 is 0 Å². The van der Waals surface area contributed by atoms with E-state index in [-0.39, 0.29) is 36.0 Å². The van der Waals surface area contributed by atoms with Crippen LogP contribution in [0.2, 0.25) is 0 Å². The molecule has 1 saturated carbocycles. The monoisotopic (exact) mass is 382 g/mol. The fourth-order valence-corrected chi connectivity index (χ4v) is 4.34. The predicted octanol–water partition coefficient (Wildman–Crippen LogP) is 1.62. The van der Waals surface area contributed by atoms with Crippen molar-refractivity contribution in [1.82, 2.24) is 20.4 Å². The molecular weight excluding hydrogens is 356 g/mol. The summed E-state index contributed by atoms with van der Waals surface area (Å²) in [6.07, 6.45) is 4.92. The number of nitrogens with zero attached hydrogens (tertiary/aromatic N) is 2. The van der Waals surface area contributed by atoms with Crippen molar-refractivity contribution in [3.63, 3.8) is 0 Å². The molecule has 1 aromatic heterocycles. The van der Waals surface area contributed by atoms with Gasteiger partial charge in [0.2, 0.25) is 0 Å². The molecule has 1 aromatic carbocycles. The van der Waals surface area contributed by atoms with Crippen molar-refractivity contribution >= 4 is 11.8 Å². The first-order valence-corrected chi connectivity index (χ1v) is 9.95. The van der Waals surface area contributed by atoms with Crippen LogP contribution in [0, 0.1) is 0 Å². The van der Waals surface area contributed by atoms with Gasteiger partial charge in [0.1, 0.15) is 5.69 Å². The van der Waals surface area contributed by atoms with Gasteiger partial charge in [0.05, 0.1) is 12.6 Å². The third kappa shape index (κ3) is 3.67. The summed E-state index contributed by atoms with van der Waals surface area (Å²) < 4.78 is 1.41. The Labute approximate surface area is 164 Å². The molecule has 7 nitrogen and oxygen atoms in total. The number of amides is 2. The zero-order valence-corrected chi connectivity index (χ0v) is 15.9. The second kappa shape index (κ2) is 7.75. The van der Waals surface area contributed by atoms with Gasteiger partial charge in [-0.1, -0.05) is 49.6 Å². The molecule has 2 aromatic rings. The number of β-amino-alcohol motifs (C(OH)–C–C–N with tert-alkyl or cyclic N) is 1. The summed E-state index contributed by atoms with van der Waals surface area (Å²) in [4.78, 5) is 24.9. The molecule has 1 aliphatic heterocycles. The van der Waals surface area contributed by atoms with Crippen LogP contribution < -0.4 is 10.6 Å². The molecule has 0 saturated heterocycles. The van der Waals surface area contributed by atoms with Crippen LogP contribution in [-0.2, 0) is 12.0 Å². The summed E-state index contributed by atoms with van der Waals surface area (Å²) in [5.74, 6) is -0.611. The Morgan fingerprint density at radius 3 is 2.75 bits per heavy atom. The highest BCUT2D eigenvalue weighted by atomic mass is 16.3. The van der Waals surface area contributed by atoms with E-state index in [2.05, 4.69) is 27.9 Å². The lowest BCUT2D eigenvalue weighted by Gasteiger charge is -2.38. The number of nitrogens with one attached hydrogen (secondary N) is 2. The second-order valence-electron chi connectivity index (χ2n) is 7.85. The summed E-state index contributed by atoms with van der Waals surface area (Å²) in [5, 5.41) is 19.8. The first-order chi connectivity index (χ1) is 13.6. The largest absolute Gasteiger partial charge is 0.389 e. The number of fused-ring (bicyclic) bond motifs is 1. The Morgan fingerprint density at radius 1 is 1.25 bits per heavy atom. The van der Waals surface area contributed by atoms with E-state index in [1.54, 1.807) is 0 Å². The molecule has 3 N–H and O–H groups in total. The molecule has 1 unspecified atom stereocenters. The maximum atomic E-state index is 12.8. The lowest BCUT2D eigenvalue weighted by atomic mass is 9.69. The zero-order valence-electron chi connectivity index (χ0n) is 15.9. The molecule has 1 aliphatic carbocycles. The van der Waals surface area contributed by atoms with Crippen LogP contribution in [-0.4, -0.2) is 45.9 Å². The van der Waals surface area contributed by atoms with Crippen LogP contribution in [0.1, 0.15) is 58.6 Å². The highest BCUT2D eigenvalue weighted by Crippen LogP contribution is 2.38. The van der Waals surface area contributed by atoms with Crippen molar-refractivity contribution < 1.29 is 14.7 Å². The molecule has 4 rings (SSSR count). The molecule has 1 fully saturated rings. The normalized spacial score (nSPS) is 21.3. The van der Waals surface area contributed by atoms with Gasteiger partial charge in [0.25, 0.3) is 11.8 Å². The van der Waals surface area contributed by atoms with Crippen LogP contribution in [0.3, 0.4) is 0 Å². The van der Waals surface area contributed by atoms with E-state index in [4.69, 9.17) is 0 Å². The number of benzene rings is 1. The smallest absolute Gasteiger partial charge is 0.271 e. The van der Waals surface area contributed by atoms with E-state index < -0.39 is 6.10 Å². The van der Waals surface area contributed by atoms with Gasteiger partial charge in [-0.3, -0.25) is 14.3 Å². The van der Waals surface area contributed by atoms with Gasteiger partial charge in [0, 0.05) is 24.6 Å². The number of carbonyl (C=O) groups is 2. The first kappa shape index (κ1) is 18.7. The van der Waals surface area contributed by atoms with Crippen molar-refractivity contribution in [2.24, 2.45) is 0 Å². The van der Waals surface area contributed by atoms with Gasteiger partial charge in [-0.25, -0.2) is 0 Å². The fraction of sp³-hybridized carbons (Fsp3) is 0.476. The van der Waals surface area contributed by atoms with Gasteiger partial charge >= 0.3 is 0 Å². The SMILES string of the molecule is O=C(NCC1(c2ccccc2)CCCCC1)c1cc2n(n1)CC(O)CNC2=O. The van der Waals surface area contributed by atoms with Crippen LogP contribution in [0.4, 0.5) is 0 Å². The number of hydrogen-bond acceptors (Lipinski definition) is 4. The lowest BCUT2D eigenvalue weighted by Crippen LogP contribution is -2.42. The van der Waals surface area contributed by atoms with E-state index in [1.165, 1.54) is 22.7 Å². The number of hydrogen-bond donors (Lipinski definition) is 3. The number of rotatable bonds is 4. The summed E-state index contributed by atoms with van der Waals surface area (Å²) in [6, 6.07) is 11.9. The lowest BCUT2D eigenvalue weighted by molar-refractivity contribution is 0.0929. The molecule has 0 spiro atoms. The summed E-state index contributed by atoms with van der Waals surface area (Å²) in [5.41, 5.74) is 1.72. The number of aliphatic hydroxyl groups is 1. The van der Waals surface area contributed by atoms with E-state index in [9.17, 15) is 14.7 Å². The fourth-order valence-electron chi connectivity index (χ4n) is 4.34. The molecule has 28 heavy (non-hydrogen) atoms. The average Bonchev–Trinajstić information content (AvgIpc) is 3.10. The minimum atomic E-state index is -0.718. The molecule has 148 valence electrons. The van der Waals surface area contributed by atoms with E-state index in [1.807, 2.05) is 18.2 Å². The third-order valence-corrected chi connectivity index (χ3v) is 5.91. The Kier molecular flexibility index (Phi) is 5.17. The standard InChI is InChI=1S/C21H26N4O3/c26-16-12-22-20(28)18-11-17(24-25(18)13-16)19(27)23-14-21(9-5-2-6-10-21)15-7-3-1-4-8-15/h1,3-4,7-8,11,16,26H,2,5-6,9-10,12-14H2,(H,22,28)(H,23,27). The maximum Gasteiger partial charge on any atom is 0.271 e. The molecule has 1 atom stereocenters. The second-order valence-corrected chi connectivity index (χ2v) is 7.85. The average molecular weight is 382 g/mol. The highest BCUT2D eigenvalue weighted by molar-refractivity contribution is 5.98. The molecule has 0 bridgehead atoms. The van der Waals surface area contributed by atoms with Crippen molar-refractivity contribution in [3.8, 4) is 0 Å². The van der Waals surface area contributed by atoms with Crippen LogP contribution in [0.15, 0.2) is 36.4 Å². The minimum Gasteiger partial charge on any atom is -0.389 e. The predicted molar refractivity (Wildman–Crippen MR) is 104 cm³/mol. The molecule has 0 radical (unpaired) electrons. The van der Waals surface area contributed by atoms with Gasteiger partial charge in [-0.15, -0.1) is 0 Å². The zero-order chi connectivity index (χ0) is 19.6. The quantitative estimate of drug-likeness (QED) is 0.749. The Hall–Kier alpha value is -2.67. The third-order valence-electron chi connectivity index (χ3n) is 5.91. The number of carbonyl (C=O) groups excluding carboxylic acids is 2. The van der Waals surface area contributed by atoms with Crippen molar-refractivity contribution in [1.29, 1.82) is 0 Å². The Bertz CT molecular complexity index is 856. The highest BCUT2D eigenvalue weighted by Gasteiger charge is 2.34. The summed E-state index contributed by atoms with van der Waals surface area (Å²) >= 11 is 0. The molecule has 2 heterocycles. The van der Waals surface area contributed by atoms with Crippen LogP contribution in [0.25, 0.3) is 0 Å². The van der Waals surface area contributed by atoms with Gasteiger partial charge in [-0.2, -0.15) is 5.10 Å². The summed E-state index contributed by atoms with van der Waals surface area (Å²) in [6.45, 7) is 0.922. The number of aliphatic hydroxyl groups excluding tert-OH is 1. The van der Waals surface area contributed by atoms with Crippen molar-refractivity contribution in [2.45, 2.75) is 50.2 Å². The minimum absolute atomic E-state index is 0.0560. The van der Waals surface area contributed by atoms with Crippen LogP contribution in [0.5, 0.6) is 0 Å². The molecule has 2 aliphatic rings. The van der Waals surface area contributed by atoms with Gasteiger partial charge in [-0.05, 0) is 18.4 Å². The van der Waals surface area contributed by atoms with E-state index in [0.717, 1.165) is 25.7 Å². The topological polar surface area (TPSA) is 96.2 Å². The molecule has 2 amide bonds. The Balaban J connectivity index is 1.51. The van der Waals surface area contributed by atoms with Gasteiger partial charge < -0.3 is 15.7 Å². The van der Waals surface area contributed by atoms with Crippen molar-refractivity contribution in [3.05, 3.63) is 53.3 Å². The van der Waals surface area contributed by atoms with E-state index in [0.29, 0.717) is 12.2 Å². The maximum absolute atomic E-state index is 12.8. The van der Waals surface area contributed by atoms with E-state index >= 15 is 0 Å². The Morgan fingerprint density at radius 2 is 2.00 bits per heavy atom. The first-order valence-electron chi connectivity index (χ1n) is 9.95. The summed E-state index contributed by atoms with van der Waals surface area (Å²) in [7, 11) is 0. The van der Waals surface area contributed by atoms with Gasteiger partial charge in [0.15, 0.2) is 5.69 Å². The molecular formula is C21H26N4O3. The molecule has 7 heteroatoms. The van der Waals surface area contributed by atoms with Crippen molar-refractivity contribution in [2.75, 3.05) is 13.1 Å². The number of aromatic nitrogens is 2.